The van der Waals surface area contributed by atoms with Gasteiger partial charge in [0.2, 0.25) is 10.0 Å². The lowest BCUT2D eigenvalue weighted by Crippen LogP contribution is -2.34. The van der Waals surface area contributed by atoms with Crippen LogP contribution in [0.2, 0.25) is 0 Å². The van der Waals surface area contributed by atoms with Gasteiger partial charge in [-0.15, -0.1) is 0 Å². The number of anilines is 1. The molecule has 1 aromatic rings. The predicted molar refractivity (Wildman–Crippen MR) is 82.3 cm³/mol. The molecule has 1 unspecified atom stereocenters. The van der Waals surface area contributed by atoms with Crippen molar-refractivity contribution in [2.75, 3.05) is 30.2 Å². The minimum Gasteiger partial charge on any atom is -0.316 e. The van der Waals surface area contributed by atoms with Crippen molar-refractivity contribution < 1.29 is 13.2 Å². The van der Waals surface area contributed by atoms with Gasteiger partial charge >= 0.3 is 0 Å². The molecule has 0 radical (unpaired) electrons. The summed E-state index contributed by atoms with van der Waals surface area (Å²) in [6.07, 6.45) is 3.85. The van der Waals surface area contributed by atoms with Crippen LogP contribution in [0.15, 0.2) is 18.2 Å². The Morgan fingerprint density at radius 2 is 2.19 bits per heavy atom. The fraction of sp³-hybridized carbons (Fsp3) is 0.533. The summed E-state index contributed by atoms with van der Waals surface area (Å²) in [6, 6.07) is 5.41. The molecule has 114 valence electrons. The van der Waals surface area contributed by atoms with E-state index >= 15 is 0 Å². The van der Waals surface area contributed by atoms with Gasteiger partial charge in [-0.25, -0.2) is 8.42 Å². The lowest BCUT2D eigenvalue weighted by atomic mass is 9.90. The van der Waals surface area contributed by atoms with Crippen molar-refractivity contribution in [2.45, 2.75) is 19.3 Å². The van der Waals surface area contributed by atoms with Crippen molar-refractivity contribution >= 4 is 21.5 Å². The lowest BCUT2D eigenvalue weighted by Gasteiger charge is -2.22. The number of benzene rings is 1. The van der Waals surface area contributed by atoms with E-state index in [0.29, 0.717) is 18.5 Å². The first kappa shape index (κ1) is 14.5. The molecule has 1 aromatic carbocycles. The molecule has 0 saturated carbocycles. The second kappa shape index (κ2) is 5.42. The van der Waals surface area contributed by atoms with Crippen LogP contribution in [0.3, 0.4) is 0 Å². The monoisotopic (exact) mass is 308 g/mol. The van der Waals surface area contributed by atoms with Crippen LogP contribution in [0.1, 0.15) is 28.8 Å². The third-order valence-corrected chi connectivity index (χ3v) is 5.46. The average Bonchev–Trinajstić information content (AvgIpc) is 2.90. The molecule has 0 spiro atoms. The van der Waals surface area contributed by atoms with Crippen molar-refractivity contribution in [1.82, 2.24) is 5.32 Å². The molecule has 2 heterocycles. The Labute approximate surface area is 125 Å². The van der Waals surface area contributed by atoms with Gasteiger partial charge in [0.1, 0.15) is 0 Å². The van der Waals surface area contributed by atoms with Crippen LogP contribution in [-0.2, 0) is 16.4 Å². The van der Waals surface area contributed by atoms with E-state index in [4.69, 9.17) is 0 Å². The van der Waals surface area contributed by atoms with E-state index in [1.165, 1.54) is 10.6 Å². The maximum atomic E-state index is 12.5. The molecule has 0 aromatic heterocycles. The maximum Gasteiger partial charge on any atom is 0.232 e. The summed E-state index contributed by atoms with van der Waals surface area (Å²) in [5.74, 6) is 0.215. The molecular formula is C15H20N2O3S. The lowest BCUT2D eigenvalue weighted by molar-refractivity contribution is 0.0899. The summed E-state index contributed by atoms with van der Waals surface area (Å²) in [4.78, 5) is 12.5. The second-order valence-electron chi connectivity index (χ2n) is 5.84. The van der Waals surface area contributed by atoms with E-state index in [1.807, 2.05) is 6.07 Å². The van der Waals surface area contributed by atoms with Crippen molar-refractivity contribution in [3.63, 3.8) is 0 Å². The predicted octanol–water partition coefficient (Wildman–Crippen LogP) is 1.19. The SMILES string of the molecule is CS(=O)(=O)N1CCc2cc(C(=O)C3CCCNC3)ccc21. The van der Waals surface area contributed by atoms with Crippen LogP contribution in [0.4, 0.5) is 5.69 Å². The van der Waals surface area contributed by atoms with Gasteiger partial charge in [0, 0.05) is 24.6 Å². The number of sulfonamides is 1. The largest absolute Gasteiger partial charge is 0.316 e. The molecule has 0 aliphatic carbocycles. The van der Waals surface area contributed by atoms with Crippen molar-refractivity contribution in [1.29, 1.82) is 0 Å². The molecule has 5 nitrogen and oxygen atoms in total. The number of nitrogens with one attached hydrogen (secondary N) is 1. The molecule has 2 aliphatic heterocycles. The number of carbonyl (C=O) groups excluding carboxylic acids is 1. The van der Waals surface area contributed by atoms with E-state index in [-0.39, 0.29) is 11.7 Å². The molecular weight excluding hydrogens is 288 g/mol. The highest BCUT2D eigenvalue weighted by atomic mass is 32.2. The Hall–Kier alpha value is -1.40. The molecule has 2 aliphatic rings. The molecule has 1 atom stereocenters. The van der Waals surface area contributed by atoms with Crippen molar-refractivity contribution in [3.8, 4) is 0 Å². The topological polar surface area (TPSA) is 66.5 Å². The van der Waals surface area contributed by atoms with Crippen molar-refractivity contribution in [3.05, 3.63) is 29.3 Å². The van der Waals surface area contributed by atoms with Gasteiger partial charge in [-0.05, 0) is 49.6 Å². The zero-order chi connectivity index (χ0) is 15.0. The highest BCUT2D eigenvalue weighted by Gasteiger charge is 2.28. The smallest absolute Gasteiger partial charge is 0.232 e. The van der Waals surface area contributed by atoms with Gasteiger partial charge in [-0.2, -0.15) is 0 Å². The first-order valence-corrected chi connectivity index (χ1v) is 9.17. The minimum atomic E-state index is -3.23. The number of hydrogen-bond donors (Lipinski definition) is 1. The van der Waals surface area contributed by atoms with E-state index < -0.39 is 10.0 Å². The van der Waals surface area contributed by atoms with E-state index in [9.17, 15) is 13.2 Å². The summed E-state index contributed by atoms with van der Waals surface area (Å²) >= 11 is 0. The zero-order valence-electron chi connectivity index (χ0n) is 12.1. The van der Waals surface area contributed by atoms with Crippen LogP contribution in [0.25, 0.3) is 0 Å². The van der Waals surface area contributed by atoms with Crippen LogP contribution in [0.5, 0.6) is 0 Å². The summed E-state index contributed by atoms with van der Waals surface area (Å²) in [6.45, 7) is 2.19. The van der Waals surface area contributed by atoms with Gasteiger partial charge < -0.3 is 5.32 Å². The molecule has 0 amide bonds. The Morgan fingerprint density at radius 1 is 1.38 bits per heavy atom. The third kappa shape index (κ3) is 2.82. The van der Waals surface area contributed by atoms with E-state index in [2.05, 4.69) is 5.32 Å². The van der Waals surface area contributed by atoms with Crippen LogP contribution in [0, 0.1) is 5.92 Å². The Kier molecular flexibility index (Phi) is 3.75. The van der Waals surface area contributed by atoms with Gasteiger partial charge in [-0.1, -0.05) is 0 Å². The highest BCUT2D eigenvalue weighted by Crippen LogP contribution is 2.31. The number of carbonyl (C=O) groups is 1. The zero-order valence-corrected chi connectivity index (χ0v) is 12.9. The summed E-state index contributed by atoms with van der Waals surface area (Å²) in [5.41, 5.74) is 2.38. The van der Waals surface area contributed by atoms with Crippen LogP contribution < -0.4 is 9.62 Å². The molecule has 0 bridgehead atoms. The minimum absolute atomic E-state index is 0.0456. The molecule has 3 rings (SSSR count). The average molecular weight is 308 g/mol. The van der Waals surface area contributed by atoms with Gasteiger partial charge in [0.05, 0.1) is 11.9 Å². The molecule has 1 N–H and O–H groups in total. The van der Waals surface area contributed by atoms with Crippen molar-refractivity contribution in [2.24, 2.45) is 5.92 Å². The highest BCUT2D eigenvalue weighted by molar-refractivity contribution is 7.92. The maximum absolute atomic E-state index is 12.5. The number of ketones is 1. The fourth-order valence-corrected chi connectivity index (χ4v) is 4.14. The molecule has 6 heteroatoms. The molecule has 21 heavy (non-hydrogen) atoms. The third-order valence-electron chi connectivity index (χ3n) is 4.28. The van der Waals surface area contributed by atoms with Gasteiger partial charge in [0.15, 0.2) is 5.78 Å². The number of nitrogens with zero attached hydrogens (tertiary/aromatic N) is 1. The van der Waals surface area contributed by atoms with Crippen LogP contribution >= 0.6 is 0 Å². The van der Waals surface area contributed by atoms with Gasteiger partial charge in [0.25, 0.3) is 0 Å². The number of rotatable bonds is 3. The molecule has 1 fully saturated rings. The van der Waals surface area contributed by atoms with Gasteiger partial charge in [-0.3, -0.25) is 9.10 Å². The van der Waals surface area contributed by atoms with E-state index in [1.54, 1.807) is 12.1 Å². The quantitative estimate of drug-likeness (QED) is 0.852. The molecule has 1 saturated heterocycles. The van der Waals surface area contributed by atoms with Crippen LogP contribution in [-0.4, -0.2) is 40.1 Å². The number of Topliss-reactive ketones (excluding diaryl/α,β-unsaturated/α-hetero) is 1. The number of piperidine rings is 1. The van der Waals surface area contributed by atoms with E-state index in [0.717, 1.165) is 37.2 Å². The first-order valence-electron chi connectivity index (χ1n) is 7.32. The Balaban J connectivity index is 1.86. The summed E-state index contributed by atoms with van der Waals surface area (Å²) in [7, 11) is -3.23. The first-order chi connectivity index (χ1) is 9.97. The summed E-state index contributed by atoms with van der Waals surface area (Å²) in [5, 5.41) is 3.26. The Bertz CT molecular complexity index is 663. The fourth-order valence-electron chi connectivity index (χ4n) is 3.18. The standard InChI is InChI=1S/C15H20N2O3S/c1-21(19,20)17-8-6-11-9-12(4-5-14(11)17)15(18)13-3-2-7-16-10-13/h4-5,9,13,16H,2-3,6-8,10H2,1H3. The number of fused-ring (bicyclic) bond motifs is 1. The second-order valence-corrected chi connectivity index (χ2v) is 7.74. The Morgan fingerprint density at radius 3 is 2.86 bits per heavy atom. The normalized spacial score (nSPS) is 22.1. The summed E-state index contributed by atoms with van der Waals surface area (Å²) < 4.78 is 24.8. The number of hydrogen-bond acceptors (Lipinski definition) is 4.